The molecule has 2 saturated heterocycles. The van der Waals surface area contributed by atoms with Gasteiger partial charge in [0.15, 0.2) is 9.84 Å². The molecule has 7 heteroatoms. The topological polar surface area (TPSA) is 58.4 Å². The second kappa shape index (κ2) is 7.73. The number of rotatable bonds is 6. The lowest BCUT2D eigenvalue weighted by Crippen LogP contribution is -2.58. The fourth-order valence-electron chi connectivity index (χ4n) is 4.50. The molecule has 1 aromatic carbocycles. The van der Waals surface area contributed by atoms with Crippen LogP contribution in [0.2, 0.25) is 0 Å². The molecule has 2 atom stereocenters. The van der Waals surface area contributed by atoms with Gasteiger partial charge >= 0.3 is 0 Å². The first-order chi connectivity index (χ1) is 13.0. The number of hydrogen-bond donors (Lipinski definition) is 0. The minimum Gasteiger partial charge on any atom is -0.297 e. The van der Waals surface area contributed by atoms with E-state index < -0.39 is 9.84 Å². The summed E-state index contributed by atoms with van der Waals surface area (Å²) in [6.45, 7) is 6.60. The average molecular weight is 389 g/mol. The summed E-state index contributed by atoms with van der Waals surface area (Å²) in [5.74, 6) is 0.609. The molecule has 0 aliphatic carbocycles. The SMILES string of the molecule is CCCN1CCN(Cc2cccc(Cn3cccn3)c2)[C@H]2CS(=O)(=O)C[C@H]21. The maximum atomic E-state index is 12.3. The monoisotopic (exact) mass is 388 g/mol. The Labute approximate surface area is 161 Å². The average Bonchev–Trinajstić information content (AvgIpc) is 3.24. The van der Waals surface area contributed by atoms with Crippen LogP contribution in [0.4, 0.5) is 0 Å². The van der Waals surface area contributed by atoms with Gasteiger partial charge in [-0.3, -0.25) is 14.5 Å². The summed E-state index contributed by atoms with van der Waals surface area (Å²) in [4.78, 5) is 4.77. The van der Waals surface area contributed by atoms with E-state index in [1.807, 2.05) is 16.9 Å². The van der Waals surface area contributed by atoms with E-state index in [1.165, 1.54) is 11.1 Å². The molecule has 6 nitrogen and oxygen atoms in total. The first kappa shape index (κ1) is 18.7. The number of benzene rings is 1. The lowest BCUT2D eigenvalue weighted by Gasteiger charge is -2.44. The standard InChI is InChI=1S/C20H28N4O2S/c1-2-8-22-10-11-23(20-16-27(25,26)15-19(20)22)13-17-5-3-6-18(12-17)14-24-9-4-7-21-24/h3-7,9,12,19-20H,2,8,10-11,13-16H2,1H3/t19-,20+/m1/s1. The van der Waals surface area contributed by atoms with Gasteiger partial charge in [-0.1, -0.05) is 31.2 Å². The van der Waals surface area contributed by atoms with Crippen LogP contribution in [0.15, 0.2) is 42.7 Å². The van der Waals surface area contributed by atoms with E-state index in [0.29, 0.717) is 11.5 Å². The van der Waals surface area contributed by atoms with E-state index in [4.69, 9.17) is 0 Å². The third-order valence-electron chi connectivity index (χ3n) is 5.70. The minimum absolute atomic E-state index is 0.116. The second-order valence-electron chi connectivity index (χ2n) is 7.74. The molecule has 1 aromatic heterocycles. The molecule has 0 unspecified atom stereocenters. The number of sulfone groups is 1. The predicted octanol–water partition coefficient (Wildman–Crippen LogP) is 1.62. The second-order valence-corrected chi connectivity index (χ2v) is 9.90. The Bertz CT molecular complexity index is 866. The first-order valence-electron chi connectivity index (χ1n) is 9.78. The van der Waals surface area contributed by atoms with Crippen LogP contribution in [0.25, 0.3) is 0 Å². The fraction of sp³-hybridized carbons (Fsp3) is 0.550. The maximum Gasteiger partial charge on any atom is 0.153 e. The van der Waals surface area contributed by atoms with Gasteiger partial charge in [-0.25, -0.2) is 8.42 Å². The quantitative estimate of drug-likeness (QED) is 0.753. The first-order valence-corrected chi connectivity index (χ1v) is 11.6. The molecule has 0 spiro atoms. The van der Waals surface area contributed by atoms with Gasteiger partial charge in [0.2, 0.25) is 0 Å². The molecule has 0 amide bonds. The fourth-order valence-corrected chi connectivity index (χ4v) is 6.54. The van der Waals surface area contributed by atoms with Crippen LogP contribution in [0.5, 0.6) is 0 Å². The highest BCUT2D eigenvalue weighted by Gasteiger charge is 2.46. The highest BCUT2D eigenvalue weighted by atomic mass is 32.2. The molecule has 0 bridgehead atoms. The van der Waals surface area contributed by atoms with Gasteiger partial charge in [-0.15, -0.1) is 0 Å². The van der Waals surface area contributed by atoms with Crippen molar-refractivity contribution in [3.8, 4) is 0 Å². The largest absolute Gasteiger partial charge is 0.297 e. The van der Waals surface area contributed by atoms with E-state index in [2.05, 4.69) is 46.1 Å². The Kier molecular flexibility index (Phi) is 5.34. The Balaban J connectivity index is 1.49. The third-order valence-corrected chi connectivity index (χ3v) is 7.40. The predicted molar refractivity (Wildman–Crippen MR) is 106 cm³/mol. The smallest absolute Gasteiger partial charge is 0.153 e. The van der Waals surface area contributed by atoms with Crippen LogP contribution in [0.3, 0.4) is 0 Å². The van der Waals surface area contributed by atoms with Crippen molar-refractivity contribution < 1.29 is 8.42 Å². The lowest BCUT2D eigenvalue weighted by molar-refractivity contribution is 0.0405. The number of fused-ring (bicyclic) bond motifs is 1. The summed E-state index contributed by atoms with van der Waals surface area (Å²) in [5, 5.41) is 4.28. The van der Waals surface area contributed by atoms with Gasteiger partial charge in [0.1, 0.15) is 0 Å². The molecule has 27 heavy (non-hydrogen) atoms. The van der Waals surface area contributed by atoms with Crippen molar-refractivity contribution >= 4 is 9.84 Å². The van der Waals surface area contributed by atoms with Crippen LogP contribution in [0, 0.1) is 0 Å². The van der Waals surface area contributed by atoms with Crippen molar-refractivity contribution in [3.63, 3.8) is 0 Å². The van der Waals surface area contributed by atoms with Gasteiger partial charge < -0.3 is 0 Å². The molecular weight excluding hydrogens is 360 g/mol. The summed E-state index contributed by atoms with van der Waals surface area (Å²) < 4.78 is 26.5. The zero-order valence-electron chi connectivity index (χ0n) is 15.9. The summed E-state index contributed by atoms with van der Waals surface area (Å²) in [6.07, 6.45) is 4.83. The number of aromatic nitrogens is 2. The van der Waals surface area contributed by atoms with Crippen LogP contribution in [0.1, 0.15) is 24.5 Å². The Morgan fingerprint density at radius 2 is 1.74 bits per heavy atom. The number of piperazine rings is 1. The van der Waals surface area contributed by atoms with E-state index in [1.54, 1.807) is 6.20 Å². The van der Waals surface area contributed by atoms with Gasteiger partial charge in [0.05, 0.1) is 18.1 Å². The van der Waals surface area contributed by atoms with Crippen LogP contribution in [-0.4, -0.2) is 71.2 Å². The lowest BCUT2D eigenvalue weighted by atomic mass is 10.0. The van der Waals surface area contributed by atoms with E-state index in [9.17, 15) is 8.42 Å². The Morgan fingerprint density at radius 1 is 1.04 bits per heavy atom. The number of hydrogen-bond acceptors (Lipinski definition) is 5. The Hall–Kier alpha value is -1.70. The molecular formula is C20H28N4O2S. The van der Waals surface area contributed by atoms with Crippen molar-refractivity contribution in [2.75, 3.05) is 31.1 Å². The molecule has 0 radical (unpaired) electrons. The molecule has 0 saturated carbocycles. The molecule has 2 aliphatic rings. The normalized spacial score (nSPS) is 25.5. The Morgan fingerprint density at radius 3 is 2.44 bits per heavy atom. The van der Waals surface area contributed by atoms with Crippen molar-refractivity contribution in [3.05, 3.63) is 53.9 Å². The van der Waals surface area contributed by atoms with Gasteiger partial charge in [-0.2, -0.15) is 5.10 Å². The van der Waals surface area contributed by atoms with Crippen LogP contribution in [-0.2, 0) is 22.9 Å². The van der Waals surface area contributed by atoms with Crippen molar-refractivity contribution in [2.45, 2.75) is 38.5 Å². The molecule has 146 valence electrons. The molecule has 2 aromatic rings. The number of nitrogens with zero attached hydrogens (tertiary/aromatic N) is 4. The molecule has 0 N–H and O–H groups in total. The maximum absolute atomic E-state index is 12.3. The summed E-state index contributed by atoms with van der Waals surface area (Å²) >= 11 is 0. The van der Waals surface area contributed by atoms with Gasteiger partial charge in [0.25, 0.3) is 0 Å². The van der Waals surface area contributed by atoms with E-state index >= 15 is 0 Å². The molecule has 3 heterocycles. The highest BCUT2D eigenvalue weighted by Crippen LogP contribution is 2.28. The highest BCUT2D eigenvalue weighted by molar-refractivity contribution is 7.91. The molecule has 2 fully saturated rings. The summed E-state index contributed by atoms with van der Waals surface area (Å²) in [6, 6.07) is 10.8. The minimum atomic E-state index is -2.94. The van der Waals surface area contributed by atoms with Gasteiger partial charge in [0, 0.05) is 44.1 Å². The van der Waals surface area contributed by atoms with Crippen LogP contribution < -0.4 is 0 Å². The van der Waals surface area contributed by atoms with Crippen molar-refractivity contribution in [2.24, 2.45) is 0 Å². The zero-order chi connectivity index (χ0) is 18.9. The van der Waals surface area contributed by atoms with Crippen LogP contribution >= 0.6 is 0 Å². The van der Waals surface area contributed by atoms with E-state index in [0.717, 1.165) is 39.1 Å². The van der Waals surface area contributed by atoms with Crippen molar-refractivity contribution in [1.29, 1.82) is 0 Å². The third kappa shape index (κ3) is 4.25. The van der Waals surface area contributed by atoms with Gasteiger partial charge in [-0.05, 0) is 30.2 Å². The molecule has 4 rings (SSSR count). The van der Waals surface area contributed by atoms with E-state index in [-0.39, 0.29) is 12.1 Å². The summed E-state index contributed by atoms with van der Waals surface area (Å²) in [5.41, 5.74) is 2.46. The molecule has 2 aliphatic heterocycles. The zero-order valence-corrected chi connectivity index (χ0v) is 16.7. The van der Waals surface area contributed by atoms with Crippen molar-refractivity contribution in [1.82, 2.24) is 19.6 Å². The summed E-state index contributed by atoms with van der Waals surface area (Å²) in [7, 11) is -2.94.